The number of fused-ring (bicyclic) bond motifs is 3. The molecule has 2 saturated heterocycles. The van der Waals surface area contributed by atoms with Gasteiger partial charge in [-0.1, -0.05) is 18.2 Å². The van der Waals surface area contributed by atoms with Gasteiger partial charge in [0.25, 0.3) is 0 Å². The first-order valence-corrected chi connectivity index (χ1v) is 10.7. The molecule has 3 aliphatic heterocycles. The van der Waals surface area contributed by atoms with E-state index < -0.39 is 79.2 Å². The number of hydrogen-bond donors (Lipinski definition) is 5. The number of hydrogen-bond acceptors (Lipinski definition) is 11. The van der Waals surface area contributed by atoms with Crippen LogP contribution in [0.3, 0.4) is 0 Å². The van der Waals surface area contributed by atoms with Crippen molar-refractivity contribution in [1.82, 2.24) is 0 Å². The monoisotopic (exact) mass is 466 g/mol. The standard InChI is InChI=1S/C22H26O11/c23-8-12-15(25)16(26)17(27)21(31-12)32-20-13-11(6-7-29-20)14(24)18-22(13,33-18)9-30-19(28)10-4-2-1-3-5-10/h1-7,11-18,20-21,23-27H,8-9H2/t11-,12+,13-,14-,15+,16-,17+,18-,20-,21-,22+/m0/s1. The predicted molar refractivity (Wildman–Crippen MR) is 106 cm³/mol. The van der Waals surface area contributed by atoms with Crippen LogP contribution in [0.2, 0.25) is 0 Å². The Morgan fingerprint density at radius 2 is 1.76 bits per heavy atom. The molecular weight excluding hydrogens is 440 g/mol. The van der Waals surface area contributed by atoms with E-state index >= 15 is 0 Å². The number of rotatable bonds is 6. The van der Waals surface area contributed by atoms with Gasteiger partial charge in [0.05, 0.1) is 30.5 Å². The molecule has 5 rings (SSSR count). The molecule has 1 saturated carbocycles. The van der Waals surface area contributed by atoms with Crippen LogP contribution in [0.15, 0.2) is 42.7 Å². The van der Waals surface area contributed by atoms with E-state index in [-0.39, 0.29) is 6.61 Å². The van der Waals surface area contributed by atoms with Crippen molar-refractivity contribution < 1.29 is 54.0 Å². The van der Waals surface area contributed by atoms with Gasteiger partial charge in [-0.05, 0) is 18.2 Å². The first-order valence-electron chi connectivity index (χ1n) is 10.7. The second-order valence-corrected chi connectivity index (χ2v) is 8.70. The van der Waals surface area contributed by atoms with Gasteiger partial charge in [0, 0.05) is 5.92 Å². The van der Waals surface area contributed by atoms with E-state index in [1.165, 1.54) is 6.26 Å². The molecule has 0 spiro atoms. The van der Waals surface area contributed by atoms with Crippen molar-refractivity contribution in [2.75, 3.05) is 13.2 Å². The summed E-state index contributed by atoms with van der Waals surface area (Å²) >= 11 is 0. The zero-order valence-electron chi connectivity index (χ0n) is 17.4. The lowest BCUT2D eigenvalue weighted by Crippen LogP contribution is -2.60. The molecule has 5 N–H and O–H groups in total. The Morgan fingerprint density at radius 3 is 2.48 bits per heavy atom. The van der Waals surface area contributed by atoms with Gasteiger partial charge in [-0.15, -0.1) is 0 Å². The maximum Gasteiger partial charge on any atom is 0.338 e. The zero-order valence-corrected chi connectivity index (χ0v) is 17.4. The smallest absolute Gasteiger partial charge is 0.338 e. The molecule has 0 unspecified atom stereocenters. The van der Waals surface area contributed by atoms with Crippen molar-refractivity contribution in [3.63, 3.8) is 0 Å². The van der Waals surface area contributed by atoms with E-state index in [0.29, 0.717) is 5.56 Å². The first kappa shape index (κ1) is 22.7. The Morgan fingerprint density at radius 1 is 1.00 bits per heavy atom. The minimum absolute atomic E-state index is 0.157. The van der Waals surface area contributed by atoms with E-state index in [1.54, 1.807) is 36.4 Å². The summed E-state index contributed by atoms with van der Waals surface area (Å²) in [7, 11) is 0. The van der Waals surface area contributed by atoms with Crippen LogP contribution in [0, 0.1) is 11.8 Å². The number of carbonyl (C=O) groups excluding carboxylic acids is 1. The third kappa shape index (κ3) is 3.74. The van der Waals surface area contributed by atoms with Gasteiger partial charge >= 0.3 is 5.97 Å². The van der Waals surface area contributed by atoms with Gasteiger partial charge in [-0.3, -0.25) is 0 Å². The Balaban J connectivity index is 1.32. The first-order chi connectivity index (χ1) is 15.9. The second-order valence-electron chi connectivity index (χ2n) is 8.70. The number of benzene rings is 1. The molecule has 0 bridgehead atoms. The Hall–Kier alpha value is -2.09. The fourth-order valence-corrected chi connectivity index (χ4v) is 4.99. The van der Waals surface area contributed by atoms with Gasteiger partial charge in [0.1, 0.15) is 42.7 Å². The van der Waals surface area contributed by atoms with Gasteiger partial charge < -0.3 is 49.2 Å². The van der Waals surface area contributed by atoms with Crippen LogP contribution in [-0.2, 0) is 23.7 Å². The van der Waals surface area contributed by atoms with E-state index in [1.807, 2.05) is 0 Å². The highest BCUT2D eigenvalue weighted by molar-refractivity contribution is 5.89. The summed E-state index contributed by atoms with van der Waals surface area (Å²) in [4.78, 5) is 12.4. The molecule has 0 amide bonds. The maximum atomic E-state index is 12.4. The average molecular weight is 466 g/mol. The van der Waals surface area contributed by atoms with Crippen molar-refractivity contribution in [3.05, 3.63) is 48.2 Å². The Labute approximate surface area is 188 Å². The highest BCUT2D eigenvalue weighted by Gasteiger charge is 2.76. The van der Waals surface area contributed by atoms with Crippen LogP contribution in [0.5, 0.6) is 0 Å². The number of carbonyl (C=O) groups is 1. The number of aliphatic hydroxyl groups excluding tert-OH is 5. The van der Waals surface area contributed by atoms with Crippen LogP contribution < -0.4 is 0 Å². The van der Waals surface area contributed by atoms with Gasteiger partial charge in [-0.25, -0.2) is 4.79 Å². The molecule has 3 heterocycles. The molecule has 1 aromatic rings. The number of epoxide rings is 1. The lowest BCUT2D eigenvalue weighted by molar-refractivity contribution is -0.344. The van der Waals surface area contributed by atoms with Crippen molar-refractivity contribution in [3.8, 4) is 0 Å². The molecule has 1 aliphatic carbocycles. The third-order valence-corrected chi connectivity index (χ3v) is 6.82. The summed E-state index contributed by atoms with van der Waals surface area (Å²) in [6, 6.07) is 8.44. The van der Waals surface area contributed by atoms with Crippen molar-refractivity contribution in [1.29, 1.82) is 0 Å². The van der Waals surface area contributed by atoms with E-state index in [9.17, 15) is 30.3 Å². The topological polar surface area (TPSA) is 168 Å². The minimum Gasteiger partial charge on any atom is -0.472 e. The van der Waals surface area contributed by atoms with E-state index in [4.69, 9.17) is 23.7 Å². The van der Waals surface area contributed by atoms with Gasteiger partial charge in [0.15, 0.2) is 6.29 Å². The molecule has 1 aromatic carbocycles. The Bertz CT molecular complexity index is 892. The fourth-order valence-electron chi connectivity index (χ4n) is 4.99. The van der Waals surface area contributed by atoms with Crippen molar-refractivity contribution in [2.24, 2.45) is 11.8 Å². The van der Waals surface area contributed by atoms with Crippen LogP contribution >= 0.6 is 0 Å². The van der Waals surface area contributed by atoms with E-state index in [2.05, 4.69) is 0 Å². The molecule has 33 heavy (non-hydrogen) atoms. The molecule has 180 valence electrons. The summed E-state index contributed by atoms with van der Waals surface area (Å²) in [5, 5.41) is 50.4. The van der Waals surface area contributed by atoms with Crippen LogP contribution in [0.25, 0.3) is 0 Å². The normalized spacial score (nSPS) is 45.6. The fraction of sp³-hybridized carbons (Fsp3) is 0.591. The highest BCUT2D eigenvalue weighted by Crippen LogP contribution is 2.60. The largest absolute Gasteiger partial charge is 0.472 e. The minimum atomic E-state index is -1.62. The number of ether oxygens (including phenoxy) is 5. The quantitative estimate of drug-likeness (QED) is 0.239. The lowest BCUT2D eigenvalue weighted by Gasteiger charge is -2.43. The maximum absolute atomic E-state index is 12.4. The molecule has 0 radical (unpaired) electrons. The number of aliphatic hydroxyl groups is 5. The summed E-state index contributed by atoms with van der Waals surface area (Å²) < 4.78 is 28.1. The molecule has 4 aliphatic rings. The summed E-state index contributed by atoms with van der Waals surface area (Å²) in [6.45, 7) is -0.763. The molecule has 11 heteroatoms. The van der Waals surface area contributed by atoms with Crippen molar-refractivity contribution >= 4 is 5.97 Å². The average Bonchev–Trinajstić information content (AvgIpc) is 3.52. The van der Waals surface area contributed by atoms with E-state index in [0.717, 1.165) is 0 Å². The summed E-state index contributed by atoms with van der Waals surface area (Å²) in [5.74, 6) is -1.61. The summed E-state index contributed by atoms with van der Waals surface area (Å²) in [6.07, 6.45) is -6.93. The highest BCUT2D eigenvalue weighted by atomic mass is 16.8. The predicted octanol–water partition coefficient (Wildman–Crippen LogP) is -1.73. The summed E-state index contributed by atoms with van der Waals surface area (Å²) in [5.41, 5.74) is -0.701. The number of esters is 1. The Kier molecular flexibility index (Phi) is 5.91. The molecule has 11 atom stereocenters. The van der Waals surface area contributed by atoms with Gasteiger partial charge in [-0.2, -0.15) is 0 Å². The van der Waals surface area contributed by atoms with Crippen LogP contribution in [0.1, 0.15) is 10.4 Å². The molecule has 11 nitrogen and oxygen atoms in total. The molecule has 0 aromatic heterocycles. The lowest BCUT2D eigenvalue weighted by atomic mass is 9.85. The van der Waals surface area contributed by atoms with Gasteiger partial charge in [0.2, 0.25) is 6.29 Å². The van der Waals surface area contributed by atoms with Crippen LogP contribution in [-0.4, -0.2) is 99.5 Å². The second kappa shape index (κ2) is 8.60. The van der Waals surface area contributed by atoms with Crippen molar-refractivity contribution in [2.45, 2.75) is 54.8 Å². The molecule has 3 fully saturated rings. The van der Waals surface area contributed by atoms with Crippen LogP contribution in [0.4, 0.5) is 0 Å². The molecular formula is C22H26O11. The zero-order chi connectivity index (χ0) is 23.3. The third-order valence-electron chi connectivity index (χ3n) is 6.82. The SMILES string of the molecule is O=C(OC[C@]12O[C@H]1[C@@H](O)[C@H]1C=CO[C@@H](O[C@@H]3O[C@H](CO)[C@@H](O)[C@H](O)[C@H]3O)[C@H]12)c1ccccc1.